The van der Waals surface area contributed by atoms with Crippen molar-refractivity contribution in [2.75, 3.05) is 56.2 Å². The number of rotatable bonds is 11. The molecule has 1 unspecified atom stereocenters. The number of hydrazine groups is 1. The minimum absolute atomic E-state index is 0.0997. The van der Waals surface area contributed by atoms with E-state index in [1.54, 1.807) is 14.0 Å². The molecule has 216 valence electrons. The number of aryl methyl sites for hydroxylation is 1. The Kier molecular flexibility index (Phi) is 10.6. The first-order chi connectivity index (χ1) is 19.3. The fraction of sp³-hybridized carbons (Fsp3) is 0.448. The zero-order valence-corrected chi connectivity index (χ0v) is 24.6. The summed E-state index contributed by atoms with van der Waals surface area (Å²) < 4.78 is 11.6. The van der Waals surface area contributed by atoms with Crippen LogP contribution in [0.15, 0.2) is 49.2 Å². The van der Waals surface area contributed by atoms with Crippen molar-refractivity contribution < 1.29 is 19.1 Å². The average molecular weight is 591 g/mol. The smallest absolute Gasteiger partial charge is 0.430 e. The highest BCUT2D eigenvalue weighted by Crippen LogP contribution is 2.34. The molecule has 2 aliphatic rings. The molecule has 4 rings (SSSR count). The highest BCUT2D eigenvalue weighted by molar-refractivity contribution is 6.43. The van der Waals surface area contributed by atoms with Crippen molar-refractivity contribution in [1.29, 1.82) is 0 Å². The van der Waals surface area contributed by atoms with Crippen molar-refractivity contribution in [3.8, 4) is 5.75 Å². The third-order valence-electron chi connectivity index (χ3n) is 7.23. The molecule has 1 fully saturated rings. The Labute approximate surface area is 246 Å². The number of ether oxygens (including phenoxy) is 2. The summed E-state index contributed by atoms with van der Waals surface area (Å²) in [6.45, 7) is 10.6. The van der Waals surface area contributed by atoms with Crippen LogP contribution in [0.1, 0.15) is 31.7 Å². The first kappa shape index (κ1) is 30.0. The first-order valence-electron chi connectivity index (χ1n) is 13.6. The molecule has 40 heavy (non-hydrogen) atoms. The second-order valence-electron chi connectivity index (χ2n) is 9.77. The molecule has 2 amide bonds. The number of piperazine rings is 1. The molecule has 2 aromatic carbocycles. The van der Waals surface area contributed by atoms with E-state index in [2.05, 4.69) is 21.8 Å². The molecule has 1 saturated heterocycles. The second-order valence-corrected chi connectivity index (χ2v) is 10.6. The Morgan fingerprint density at radius 3 is 2.62 bits per heavy atom. The van der Waals surface area contributed by atoms with Gasteiger partial charge >= 0.3 is 6.09 Å². The highest BCUT2D eigenvalue weighted by atomic mass is 35.5. The Hall–Kier alpha value is -2.98. The van der Waals surface area contributed by atoms with E-state index < -0.39 is 12.3 Å². The third kappa shape index (κ3) is 7.20. The number of fused-ring (bicyclic) bond motifs is 1. The van der Waals surface area contributed by atoms with Crippen molar-refractivity contribution in [2.24, 2.45) is 0 Å². The van der Waals surface area contributed by atoms with Crippen LogP contribution in [0.3, 0.4) is 0 Å². The summed E-state index contributed by atoms with van der Waals surface area (Å²) in [6.07, 6.45) is 2.79. The lowest BCUT2D eigenvalue weighted by Crippen LogP contribution is -2.47. The molecular formula is C29H37Cl2N5O4. The van der Waals surface area contributed by atoms with Crippen LogP contribution in [0.2, 0.25) is 10.0 Å². The van der Waals surface area contributed by atoms with Gasteiger partial charge in [-0.3, -0.25) is 14.6 Å². The van der Waals surface area contributed by atoms with Gasteiger partial charge < -0.3 is 14.4 Å². The maximum atomic E-state index is 12.8. The Balaban J connectivity index is 1.24. The topological polar surface area (TPSA) is 77.6 Å². The van der Waals surface area contributed by atoms with E-state index >= 15 is 0 Å². The zero-order chi connectivity index (χ0) is 28.6. The lowest BCUT2D eigenvalue weighted by molar-refractivity contribution is -0.120. The van der Waals surface area contributed by atoms with Crippen LogP contribution < -0.4 is 20.0 Å². The fourth-order valence-electron chi connectivity index (χ4n) is 5.05. The number of anilines is 2. The largest absolute Gasteiger partial charge is 0.494 e. The molecule has 9 nitrogen and oxygen atoms in total. The number of halogens is 2. The quantitative estimate of drug-likeness (QED) is 0.281. The van der Waals surface area contributed by atoms with E-state index in [9.17, 15) is 9.59 Å². The number of carbonyl (C=O) groups excluding carboxylic acids is 2. The lowest BCUT2D eigenvalue weighted by atomic mass is 10.0. The van der Waals surface area contributed by atoms with Crippen molar-refractivity contribution >= 4 is 46.6 Å². The van der Waals surface area contributed by atoms with E-state index in [1.165, 1.54) is 11.1 Å². The van der Waals surface area contributed by atoms with Crippen LogP contribution in [0, 0.1) is 0 Å². The SMILES string of the molecule is C=CN(NC)C(=O)OC(C)N1C(=O)CCc2ccc(OCCCCN3CCN(c4cccc(Cl)c4Cl)CC3)cc21. The van der Waals surface area contributed by atoms with Gasteiger partial charge in [0.1, 0.15) is 5.75 Å². The predicted molar refractivity (Wildman–Crippen MR) is 159 cm³/mol. The normalized spacial score (nSPS) is 16.4. The molecule has 0 aliphatic carbocycles. The number of nitrogens with zero attached hydrogens (tertiary/aromatic N) is 4. The fourth-order valence-corrected chi connectivity index (χ4v) is 5.47. The summed E-state index contributed by atoms with van der Waals surface area (Å²) in [7, 11) is 1.58. The molecule has 0 aromatic heterocycles. The minimum atomic E-state index is -0.791. The summed E-state index contributed by atoms with van der Waals surface area (Å²) in [4.78, 5) is 31.4. The van der Waals surface area contributed by atoms with Crippen molar-refractivity contribution in [3.63, 3.8) is 0 Å². The van der Waals surface area contributed by atoms with E-state index in [0.29, 0.717) is 40.9 Å². The van der Waals surface area contributed by atoms with Crippen LogP contribution in [-0.4, -0.2) is 74.5 Å². The number of amides is 2. The van der Waals surface area contributed by atoms with E-state index in [1.807, 2.05) is 36.4 Å². The van der Waals surface area contributed by atoms with Crippen molar-refractivity contribution in [1.82, 2.24) is 15.3 Å². The van der Waals surface area contributed by atoms with Gasteiger partial charge in [-0.15, -0.1) is 0 Å². The van der Waals surface area contributed by atoms with Crippen molar-refractivity contribution in [3.05, 3.63) is 64.8 Å². The molecule has 0 spiro atoms. The second kappa shape index (κ2) is 14.1. The van der Waals surface area contributed by atoms with Gasteiger partial charge in [0.05, 0.1) is 28.0 Å². The van der Waals surface area contributed by atoms with Gasteiger partial charge in [-0.2, -0.15) is 0 Å². The Morgan fingerprint density at radius 1 is 1.12 bits per heavy atom. The van der Waals surface area contributed by atoms with Crippen LogP contribution in [0.4, 0.5) is 16.2 Å². The van der Waals surface area contributed by atoms with Crippen LogP contribution in [0.25, 0.3) is 0 Å². The summed E-state index contributed by atoms with van der Waals surface area (Å²) >= 11 is 12.6. The number of nitrogens with one attached hydrogen (secondary N) is 1. The van der Waals surface area contributed by atoms with Gasteiger partial charge in [-0.05, 0) is 56.5 Å². The highest BCUT2D eigenvalue weighted by Gasteiger charge is 2.31. The number of carbonyl (C=O) groups is 2. The van der Waals surface area contributed by atoms with Crippen molar-refractivity contribution in [2.45, 2.75) is 38.8 Å². The molecule has 2 aliphatic heterocycles. The summed E-state index contributed by atoms with van der Waals surface area (Å²) in [5, 5.41) is 2.32. The molecule has 11 heteroatoms. The Morgan fingerprint density at radius 2 is 1.90 bits per heavy atom. The van der Waals surface area contributed by atoms with E-state index in [4.69, 9.17) is 32.7 Å². The number of hydrogen-bond acceptors (Lipinski definition) is 7. The van der Waals surface area contributed by atoms with Gasteiger partial charge in [-0.1, -0.05) is 41.9 Å². The molecular weight excluding hydrogens is 553 g/mol. The van der Waals surface area contributed by atoms with Gasteiger partial charge in [0.15, 0.2) is 6.23 Å². The molecule has 0 radical (unpaired) electrons. The molecule has 1 atom stereocenters. The maximum absolute atomic E-state index is 12.8. The predicted octanol–water partition coefficient (Wildman–Crippen LogP) is 5.32. The lowest BCUT2D eigenvalue weighted by Gasteiger charge is -2.36. The molecule has 2 aromatic rings. The number of hydrogen-bond donors (Lipinski definition) is 1. The van der Waals surface area contributed by atoms with Crippen LogP contribution >= 0.6 is 23.2 Å². The van der Waals surface area contributed by atoms with Gasteiger partial charge in [0, 0.05) is 51.9 Å². The monoisotopic (exact) mass is 589 g/mol. The third-order valence-corrected chi connectivity index (χ3v) is 8.04. The van der Waals surface area contributed by atoms with Gasteiger partial charge in [0.2, 0.25) is 5.91 Å². The molecule has 0 saturated carbocycles. The van der Waals surface area contributed by atoms with E-state index in [-0.39, 0.29) is 5.91 Å². The van der Waals surface area contributed by atoms with Crippen LogP contribution in [-0.2, 0) is 16.0 Å². The number of unbranched alkanes of at least 4 members (excludes halogenated alkanes) is 1. The van der Waals surface area contributed by atoms with E-state index in [0.717, 1.165) is 61.8 Å². The molecule has 1 N–H and O–H groups in total. The summed E-state index contributed by atoms with van der Waals surface area (Å²) in [5.74, 6) is 0.587. The van der Waals surface area contributed by atoms with Gasteiger partial charge in [-0.25, -0.2) is 15.2 Å². The average Bonchev–Trinajstić information content (AvgIpc) is 2.95. The van der Waals surface area contributed by atoms with Crippen LogP contribution in [0.5, 0.6) is 5.75 Å². The molecule has 2 heterocycles. The first-order valence-corrected chi connectivity index (χ1v) is 14.4. The maximum Gasteiger partial charge on any atom is 0.430 e. The Bertz CT molecular complexity index is 1200. The summed E-state index contributed by atoms with van der Waals surface area (Å²) in [6, 6.07) is 11.5. The number of benzene rings is 2. The zero-order valence-electron chi connectivity index (χ0n) is 23.1. The standard InChI is InChI=1S/C29H37Cl2N5O4/c1-4-35(32-3)29(38)40-21(2)36-26-20-23(12-10-22(26)11-13-27(36)37)39-19-6-5-14-33-15-17-34(18-16-33)25-9-7-8-24(30)28(25)31/h4,7-10,12,20-21,32H,1,5-6,11,13-19H2,2-3H3. The summed E-state index contributed by atoms with van der Waals surface area (Å²) in [5.41, 5.74) is 5.39. The molecule has 0 bridgehead atoms. The minimum Gasteiger partial charge on any atom is -0.494 e. The van der Waals surface area contributed by atoms with Gasteiger partial charge in [0.25, 0.3) is 0 Å².